The van der Waals surface area contributed by atoms with Gasteiger partial charge in [-0.2, -0.15) is 0 Å². The van der Waals surface area contributed by atoms with Crippen LogP contribution in [0.4, 0.5) is 8.78 Å². The first-order valence-electron chi connectivity index (χ1n) is 12.8. The molecule has 2 fully saturated rings. The molecule has 36 heavy (non-hydrogen) atoms. The topological polar surface area (TPSA) is 26.8 Å². The molecule has 5 rings (SSSR count). The first kappa shape index (κ1) is 24.6. The van der Waals surface area contributed by atoms with Crippen LogP contribution in [0.25, 0.3) is 0 Å². The molecule has 1 atom stereocenters. The Morgan fingerprint density at radius 1 is 0.806 bits per heavy atom. The quantitative estimate of drug-likeness (QED) is 0.473. The highest BCUT2D eigenvalue weighted by Gasteiger charge is 2.45. The van der Waals surface area contributed by atoms with Gasteiger partial charge in [-0.1, -0.05) is 54.6 Å². The van der Waals surface area contributed by atoms with Crippen LogP contribution in [0, 0.1) is 11.6 Å². The van der Waals surface area contributed by atoms with E-state index >= 15 is 0 Å². The Kier molecular flexibility index (Phi) is 7.17. The zero-order valence-electron chi connectivity index (χ0n) is 20.7. The summed E-state index contributed by atoms with van der Waals surface area (Å²) in [6.45, 7) is 6.45. The largest absolute Gasteiger partial charge is 0.339 e. The van der Waals surface area contributed by atoms with Crippen LogP contribution in [0.15, 0.2) is 78.9 Å². The Morgan fingerprint density at radius 3 is 1.92 bits per heavy atom. The number of hydrogen-bond acceptors (Lipinski definition) is 3. The number of amides is 1. The molecule has 3 aromatic rings. The molecule has 2 aliphatic heterocycles. The van der Waals surface area contributed by atoms with Gasteiger partial charge in [-0.25, -0.2) is 8.78 Å². The van der Waals surface area contributed by atoms with Crippen LogP contribution in [-0.4, -0.2) is 58.9 Å². The van der Waals surface area contributed by atoms with Crippen molar-refractivity contribution in [1.82, 2.24) is 14.7 Å². The normalized spacial score (nSPS) is 21.3. The van der Waals surface area contributed by atoms with Gasteiger partial charge in [0.25, 0.3) is 0 Å². The SMILES string of the molecule is CC1(C(=O)N2CCN(C(c3ccc(F)cc3)c3ccc(F)cc3)CC2)CCCN1Cc1ccccc1. The van der Waals surface area contributed by atoms with E-state index in [0.29, 0.717) is 26.2 Å². The number of piperazine rings is 1. The smallest absolute Gasteiger partial charge is 0.242 e. The Bertz CT molecular complexity index is 1120. The van der Waals surface area contributed by atoms with Crippen LogP contribution in [0.3, 0.4) is 0 Å². The van der Waals surface area contributed by atoms with Crippen molar-refractivity contribution in [3.8, 4) is 0 Å². The maximum atomic E-state index is 13.8. The number of carbonyl (C=O) groups excluding carboxylic acids is 1. The minimum atomic E-state index is -0.495. The molecule has 2 aliphatic rings. The van der Waals surface area contributed by atoms with E-state index in [-0.39, 0.29) is 23.6 Å². The van der Waals surface area contributed by atoms with Gasteiger partial charge in [0.2, 0.25) is 5.91 Å². The third kappa shape index (κ3) is 5.06. The summed E-state index contributed by atoms with van der Waals surface area (Å²) in [6.07, 6.45) is 1.89. The minimum absolute atomic E-state index is 0.125. The third-order valence-corrected chi connectivity index (χ3v) is 7.80. The lowest BCUT2D eigenvalue weighted by Crippen LogP contribution is -2.59. The average molecular weight is 490 g/mol. The van der Waals surface area contributed by atoms with E-state index in [9.17, 15) is 13.6 Å². The maximum absolute atomic E-state index is 13.8. The van der Waals surface area contributed by atoms with Crippen LogP contribution in [0.2, 0.25) is 0 Å². The van der Waals surface area contributed by atoms with Gasteiger partial charge in [0, 0.05) is 32.7 Å². The van der Waals surface area contributed by atoms with Crippen LogP contribution in [0.5, 0.6) is 0 Å². The van der Waals surface area contributed by atoms with E-state index < -0.39 is 5.54 Å². The Labute approximate surface area is 212 Å². The van der Waals surface area contributed by atoms with Crippen molar-refractivity contribution >= 4 is 5.91 Å². The summed E-state index contributed by atoms with van der Waals surface area (Å²) >= 11 is 0. The van der Waals surface area contributed by atoms with Gasteiger partial charge in [0.05, 0.1) is 11.6 Å². The lowest BCUT2D eigenvalue weighted by molar-refractivity contribution is -0.144. The van der Waals surface area contributed by atoms with Gasteiger partial charge in [0.1, 0.15) is 11.6 Å². The lowest BCUT2D eigenvalue weighted by Gasteiger charge is -2.44. The molecule has 0 radical (unpaired) electrons. The zero-order chi connectivity index (χ0) is 25.1. The van der Waals surface area contributed by atoms with Crippen molar-refractivity contribution in [2.45, 2.75) is 37.9 Å². The molecule has 0 saturated carbocycles. The molecule has 2 heterocycles. The number of likely N-dealkylation sites (tertiary alicyclic amines) is 1. The Hall–Kier alpha value is -3.09. The van der Waals surface area contributed by atoms with Crippen LogP contribution in [0.1, 0.15) is 42.5 Å². The molecular weight excluding hydrogens is 456 g/mol. The molecule has 0 aliphatic carbocycles. The molecule has 3 aromatic carbocycles. The summed E-state index contributed by atoms with van der Waals surface area (Å²) in [5, 5.41) is 0. The van der Waals surface area contributed by atoms with Gasteiger partial charge >= 0.3 is 0 Å². The Balaban J connectivity index is 1.30. The van der Waals surface area contributed by atoms with Gasteiger partial charge < -0.3 is 4.90 Å². The maximum Gasteiger partial charge on any atom is 0.242 e. The van der Waals surface area contributed by atoms with Crippen LogP contribution >= 0.6 is 0 Å². The fourth-order valence-electron chi connectivity index (χ4n) is 5.75. The molecule has 2 saturated heterocycles. The third-order valence-electron chi connectivity index (χ3n) is 7.80. The number of rotatable bonds is 6. The molecule has 1 unspecified atom stereocenters. The van der Waals surface area contributed by atoms with Gasteiger partial charge in [0.15, 0.2) is 0 Å². The first-order chi connectivity index (χ1) is 17.4. The van der Waals surface area contributed by atoms with Crippen LogP contribution < -0.4 is 0 Å². The van der Waals surface area contributed by atoms with Crippen molar-refractivity contribution in [3.63, 3.8) is 0 Å². The highest BCUT2D eigenvalue weighted by Crippen LogP contribution is 2.34. The standard InChI is InChI=1S/C30H33F2N3O/c1-30(16-5-17-35(30)22-23-6-3-2-4-7-23)29(36)34-20-18-33(19-21-34)28(24-8-12-26(31)13-9-24)25-10-14-27(32)15-11-25/h2-4,6-15,28H,5,16-22H2,1H3. The van der Waals surface area contributed by atoms with E-state index in [4.69, 9.17) is 0 Å². The summed E-state index contributed by atoms with van der Waals surface area (Å²) in [5.74, 6) is -0.357. The highest BCUT2D eigenvalue weighted by molar-refractivity contribution is 5.86. The van der Waals surface area contributed by atoms with Crippen LogP contribution in [-0.2, 0) is 11.3 Å². The van der Waals surface area contributed by atoms with Crippen molar-refractivity contribution in [1.29, 1.82) is 0 Å². The molecule has 0 bridgehead atoms. The first-order valence-corrected chi connectivity index (χ1v) is 12.8. The molecule has 0 N–H and O–H groups in total. The molecule has 0 spiro atoms. The number of hydrogen-bond donors (Lipinski definition) is 0. The number of benzene rings is 3. The van der Waals surface area contributed by atoms with Crippen molar-refractivity contribution in [2.24, 2.45) is 0 Å². The second kappa shape index (κ2) is 10.5. The predicted molar refractivity (Wildman–Crippen MR) is 137 cm³/mol. The molecular formula is C30H33F2N3O. The monoisotopic (exact) mass is 489 g/mol. The fourth-order valence-corrected chi connectivity index (χ4v) is 5.75. The van der Waals surface area contributed by atoms with Crippen molar-refractivity contribution in [2.75, 3.05) is 32.7 Å². The average Bonchev–Trinajstić information content (AvgIpc) is 3.28. The molecule has 4 nitrogen and oxygen atoms in total. The highest BCUT2D eigenvalue weighted by atomic mass is 19.1. The molecule has 188 valence electrons. The molecule has 1 amide bonds. The van der Waals surface area contributed by atoms with Crippen molar-refractivity contribution in [3.05, 3.63) is 107 Å². The molecule has 6 heteroatoms. The lowest BCUT2D eigenvalue weighted by atomic mass is 9.94. The number of halogens is 2. The molecule has 0 aromatic heterocycles. The second-order valence-electron chi connectivity index (χ2n) is 10.1. The number of carbonyl (C=O) groups is 1. The number of nitrogens with zero attached hydrogens (tertiary/aromatic N) is 3. The van der Waals surface area contributed by atoms with E-state index in [1.807, 2.05) is 23.1 Å². The van der Waals surface area contributed by atoms with Gasteiger partial charge in [-0.3, -0.25) is 14.6 Å². The summed E-state index contributed by atoms with van der Waals surface area (Å²) in [4.78, 5) is 20.4. The summed E-state index contributed by atoms with van der Waals surface area (Å²) < 4.78 is 27.3. The van der Waals surface area contributed by atoms with E-state index in [2.05, 4.69) is 28.9 Å². The van der Waals surface area contributed by atoms with Gasteiger partial charge in [-0.15, -0.1) is 0 Å². The van der Waals surface area contributed by atoms with E-state index in [1.165, 1.54) is 29.8 Å². The van der Waals surface area contributed by atoms with Crippen molar-refractivity contribution < 1.29 is 13.6 Å². The zero-order valence-corrected chi connectivity index (χ0v) is 20.7. The Morgan fingerprint density at radius 2 is 1.36 bits per heavy atom. The van der Waals surface area contributed by atoms with E-state index in [1.54, 1.807) is 24.3 Å². The summed E-state index contributed by atoms with van der Waals surface area (Å²) in [5.41, 5.74) is 2.65. The minimum Gasteiger partial charge on any atom is -0.339 e. The summed E-state index contributed by atoms with van der Waals surface area (Å²) in [6, 6.07) is 23.3. The van der Waals surface area contributed by atoms with Gasteiger partial charge in [-0.05, 0) is 67.3 Å². The fraction of sp³-hybridized carbons (Fsp3) is 0.367. The van der Waals surface area contributed by atoms with E-state index in [0.717, 1.165) is 37.1 Å². The predicted octanol–water partition coefficient (Wildman–Crippen LogP) is 5.25. The second-order valence-corrected chi connectivity index (χ2v) is 10.1. The summed E-state index contributed by atoms with van der Waals surface area (Å²) in [7, 11) is 0.